The molecule has 0 bridgehead atoms. The van der Waals surface area contributed by atoms with Crippen molar-refractivity contribution >= 4 is 82.5 Å². The van der Waals surface area contributed by atoms with E-state index in [-0.39, 0.29) is 0 Å². The number of hydrogen-bond donors (Lipinski definition) is 0. The third kappa shape index (κ3) is 4.54. The lowest BCUT2D eigenvalue weighted by Gasteiger charge is -2.28. The van der Waals surface area contributed by atoms with Crippen LogP contribution in [-0.4, -0.2) is 0 Å². The summed E-state index contributed by atoms with van der Waals surface area (Å²) in [5, 5.41) is 9.22. The van der Waals surface area contributed by atoms with Crippen molar-refractivity contribution in [1.82, 2.24) is 0 Å². The van der Waals surface area contributed by atoms with E-state index >= 15 is 0 Å². The summed E-state index contributed by atoms with van der Waals surface area (Å²) in [5.74, 6) is 0. The molecule has 2 heterocycles. The molecule has 0 spiro atoms. The summed E-state index contributed by atoms with van der Waals surface area (Å²) in [6.45, 7) is 0. The van der Waals surface area contributed by atoms with Gasteiger partial charge in [-0.1, -0.05) is 140 Å². The van der Waals surface area contributed by atoms with Gasteiger partial charge < -0.3 is 13.7 Å². The molecule has 0 aliphatic carbocycles. The molecule has 3 nitrogen and oxygen atoms in total. The number of anilines is 3. The second-order valence-electron chi connectivity index (χ2n) is 13.6. The van der Waals surface area contributed by atoms with Gasteiger partial charge in [0.1, 0.15) is 22.3 Å². The first-order valence-electron chi connectivity index (χ1n) is 18.0. The van der Waals surface area contributed by atoms with E-state index in [4.69, 9.17) is 8.83 Å². The average molecular weight is 678 g/mol. The molecule has 3 heteroatoms. The Kier molecular flexibility index (Phi) is 6.55. The zero-order valence-electron chi connectivity index (χ0n) is 28.7. The lowest BCUT2D eigenvalue weighted by atomic mass is 9.90. The van der Waals surface area contributed by atoms with E-state index in [1.165, 1.54) is 21.5 Å². The minimum absolute atomic E-state index is 0.853. The van der Waals surface area contributed by atoms with Crippen LogP contribution >= 0.6 is 0 Å². The Morgan fingerprint density at radius 1 is 0.321 bits per heavy atom. The lowest BCUT2D eigenvalue weighted by Crippen LogP contribution is -2.11. The third-order valence-corrected chi connectivity index (χ3v) is 10.7. The van der Waals surface area contributed by atoms with E-state index in [0.717, 1.165) is 83.2 Å². The number of furan rings is 2. The molecular weight excluding hydrogens is 647 g/mol. The van der Waals surface area contributed by atoms with Crippen LogP contribution in [-0.2, 0) is 0 Å². The van der Waals surface area contributed by atoms with Gasteiger partial charge in [-0.05, 0) is 81.4 Å². The summed E-state index contributed by atoms with van der Waals surface area (Å²) in [4.78, 5) is 2.41. The quantitative estimate of drug-likeness (QED) is 0.170. The normalized spacial score (nSPS) is 11.8. The van der Waals surface area contributed by atoms with Crippen molar-refractivity contribution < 1.29 is 8.83 Å². The van der Waals surface area contributed by atoms with Gasteiger partial charge in [-0.25, -0.2) is 0 Å². The topological polar surface area (TPSA) is 29.5 Å². The van der Waals surface area contributed by atoms with Gasteiger partial charge in [0.25, 0.3) is 0 Å². The van der Waals surface area contributed by atoms with Crippen molar-refractivity contribution in [3.63, 3.8) is 0 Å². The van der Waals surface area contributed by atoms with E-state index in [9.17, 15) is 0 Å². The molecule has 9 aromatic carbocycles. The van der Waals surface area contributed by atoms with Gasteiger partial charge in [0.05, 0.1) is 16.8 Å². The smallest absolute Gasteiger partial charge is 0.145 e. The van der Waals surface area contributed by atoms with Gasteiger partial charge in [0.2, 0.25) is 0 Å². The summed E-state index contributed by atoms with van der Waals surface area (Å²) in [6.07, 6.45) is 0. The Morgan fingerprint density at radius 3 is 1.68 bits per heavy atom. The highest BCUT2D eigenvalue weighted by molar-refractivity contribution is 6.21. The largest absolute Gasteiger partial charge is 0.456 e. The monoisotopic (exact) mass is 677 g/mol. The van der Waals surface area contributed by atoms with Crippen LogP contribution in [0.2, 0.25) is 0 Å². The Hall–Kier alpha value is -7.10. The van der Waals surface area contributed by atoms with Gasteiger partial charge >= 0.3 is 0 Å². The Labute approximate surface area is 305 Å². The second kappa shape index (κ2) is 11.7. The van der Waals surface area contributed by atoms with Crippen molar-refractivity contribution in [3.8, 4) is 22.3 Å². The zero-order valence-corrected chi connectivity index (χ0v) is 28.7. The molecule has 0 saturated carbocycles. The third-order valence-electron chi connectivity index (χ3n) is 10.7. The summed E-state index contributed by atoms with van der Waals surface area (Å²) in [5.41, 5.74) is 11.1. The van der Waals surface area contributed by atoms with E-state index in [1.54, 1.807) is 0 Å². The molecule has 0 amide bonds. The molecule has 0 atom stereocenters. The molecule has 2 aromatic heterocycles. The molecule has 0 unspecified atom stereocenters. The Morgan fingerprint density at radius 2 is 0.887 bits per heavy atom. The fraction of sp³-hybridized carbons (Fsp3) is 0. The van der Waals surface area contributed by atoms with Gasteiger partial charge in [-0.3, -0.25) is 0 Å². The number of rotatable bonds is 5. The highest BCUT2D eigenvalue weighted by Gasteiger charge is 2.25. The van der Waals surface area contributed by atoms with Crippen molar-refractivity contribution in [1.29, 1.82) is 0 Å². The highest BCUT2D eigenvalue weighted by Crippen LogP contribution is 2.50. The molecule has 53 heavy (non-hydrogen) atoms. The van der Waals surface area contributed by atoms with Crippen LogP contribution in [0.3, 0.4) is 0 Å². The maximum atomic E-state index is 6.95. The van der Waals surface area contributed by atoms with Crippen LogP contribution in [0.5, 0.6) is 0 Å². The molecule has 0 fully saturated rings. The van der Waals surface area contributed by atoms with Gasteiger partial charge in [-0.15, -0.1) is 0 Å². The van der Waals surface area contributed by atoms with Gasteiger partial charge in [0.15, 0.2) is 0 Å². The Bertz CT molecular complexity index is 3190. The highest BCUT2D eigenvalue weighted by atomic mass is 16.3. The maximum Gasteiger partial charge on any atom is 0.145 e. The minimum Gasteiger partial charge on any atom is -0.456 e. The minimum atomic E-state index is 0.853. The zero-order chi connectivity index (χ0) is 34.9. The molecule has 0 aliphatic rings. The predicted molar refractivity (Wildman–Crippen MR) is 222 cm³/mol. The molecule has 0 radical (unpaired) electrons. The summed E-state index contributed by atoms with van der Waals surface area (Å²) in [6, 6.07) is 66.6. The van der Waals surface area contributed by atoms with E-state index < -0.39 is 0 Å². The first-order chi connectivity index (χ1) is 26.3. The van der Waals surface area contributed by atoms with Crippen molar-refractivity contribution in [2.45, 2.75) is 0 Å². The molecule has 11 aromatic rings. The number of benzene rings is 9. The molecule has 0 saturated heterocycles. The fourth-order valence-corrected chi connectivity index (χ4v) is 8.37. The fourth-order valence-electron chi connectivity index (χ4n) is 8.37. The van der Waals surface area contributed by atoms with Gasteiger partial charge in [-0.2, -0.15) is 0 Å². The molecule has 0 aliphatic heterocycles. The average Bonchev–Trinajstić information content (AvgIpc) is 3.81. The number of para-hydroxylation sites is 3. The predicted octanol–water partition coefficient (Wildman–Crippen LogP) is 14.6. The SMILES string of the molecule is c1ccc(N(c2cc3ccccc3c3ccccc23)c2ccc(-c3ccccc3-c3cccc4oc5ccccc5c34)c3oc4ccccc4c23)cc1. The second-order valence-corrected chi connectivity index (χ2v) is 13.6. The van der Waals surface area contributed by atoms with Crippen LogP contribution < -0.4 is 4.90 Å². The number of fused-ring (bicyclic) bond motifs is 9. The van der Waals surface area contributed by atoms with Gasteiger partial charge in [0, 0.05) is 32.8 Å². The summed E-state index contributed by atoms with van der Waals surface area (Å²) in [7, 11) is 0. The van der Waals surface area contributed by atoms with Crippen LogP contribution in [0.4, 0.5) is 17.1 Å². The van der Waals surface area contributed by atoms with E-state index in [0.29, 0.717) is 0 Å². The lowest BCUT2D eigenvalue weighted by molar-refractivity contribution is 0.669. The number of nitrogens with zero attached hydrogens (tertiary/aromatic N) is 1. The number of hydrogen-bond acceptors (Lipinski definition) is 3. The van der Waals surface area contributed by atoms with Crippen LogP contribution in [0, 0.1) is 0 Å². The van der Waals surface area contributed by atoms with E-state index in [1.807, 2.05) is 12.1 Å². The first kappa shape index (κ1) is 29.6. The molecule has 11 rings (SSSR count). The Balaban J connectivity index is 1.22. The molecule has 248 valence electrons. The molecular formula is C50H31NO2. The van der Waals surface area contributed by atoms with E-state index in [2.05, 4.69) is 181 Å². The maximum absolute atomic E-state index is 6.95. The van der Waals surface area contributed by atoms with Crippen molar-refractivity contribution in [2.24, 2.45) is 0 Å². The first-order valence-corrected chi connectivity index (χ1v) is 18.0. The van der Waals surface area contributed by atoms with Crippen LogP contribution in [0.15, 0.2) is 197 Å². The van der Waals surface area contributed by atoms with Crippen molar-refractivity contribution in [2.75, 3.05) is 4.90 Å². The van der Waals surface area contributed by atoms with Crippen LogP contribution in [0.1, 0.15) is 0 Å². The molecule has 0 N–H and O–H groups in total. The van der Waals surface area contributed by atoms with Crippen LogP contribution in [0.25, 0.3) is 87.7 Å². The van der Waals surface area contributed by atoms with Crippen molar-refractivity contribution in [3.05, 3.63) is 188 Å². The summed E-state index contributed by atoms with van der Waals surface area (Å²) < 4.78 is 13.3. The summed E-state index contributed by atoms with van der Waals surface area (Å²) >= 11 is 0. The standard InChI is InChI=1S/C50H31NO2/c1-2-16-33(17-3-1)51(44-31-32-15-4-5-18-34(32)35-19-8-9-22-38(35)44)43-30-29-40(50-49(43)42-24-11-13-27-46(42)53-50)37-21-7-6-20-36(37)39-25-14-28-47-48(39)41-23-10-12-26-45(41)52-47/h1-31H.